The SMILES string of the molecule is CCN(C(=O)NC1CCC(=O)NC1)C1COCC1C(=O)O. The van der Waals surface area contributed by atoms with Gasteiger partial charge in [-0.1, -0.05) is 0 Å². The number of amides is 3. The first kappa shape index (κ1) is 15.6. The molecule has 3 unspecified atom stereocenters. The van der Waals surface area contributed by atoms with Crippen LogP contribution in [-0.2, 0) is 14.3 Å². The fourth-order valence-electron chi connectivity index (χ4n) is 2.73. The van der Waals surface area contributed by atoms with Crippen LogP contribution < -0.4 is 10.6 Å². The second-order valence-electron chi connectivity index (χ2n) is 5.32. The zero-order chi connectivity index (χ0) is 15.4. The fourth-order valence-corrected chi connectivity index (χ4v) is 2.73. The van der Waals surface area contributed by atoms with Gasteiger partial charge in [-0.3, -0.25) is 9.59 Å². The van der Waals surface area contributed by atoms with Gasteiger partial charge in [-0.2, -0.15) is 0 Å². The molecule has 0 radical (unpaired) electrons. The molecular weight excluding hydrogens is 278 g/mol. The maximum Gasteiger partial charge on any atom is 0.318 e. The first-order valence-corrected chi connectivity index (χ1v) is 7.17. The number of likely N-dealkylation sites (N-methyl/N-ethyl adjacent to an activating group) is 1. The summed E-state index contributed by atoms with van der Waals surface area (Å²) in [5.41, 5.74) is 0. The molecule has 2 aliphatic heterocycles. The van der Waals surface area contributed by atoms with Gasteiger partial charge in [0, 0.05) is 25.6 Å². The molecule has 0 saturated carbocycles. The van der Waals surface area contributed by atoms with Crippen molar-refractivity contribution in [3.05, 3.63) is 0 Å². The van der Waals surface area contributed by atoms with Gasteiger partial charge in [0.15, 0.2) is 0 Å². The second-order valence-corrected chi connectivity index (χ2v) is 5.32. The number of carbonyl (C=O) groups is 3. The Morgan fingerprint density at radius 2 is 2.24 bits per heavy atom. The molecule has 2 saturated heterocycles. The van der Waals surface area contributed by atoms with Crippen molar-refractivity contribution in [3.63, 3.8) is 0 Å². The van der Waals surface area contributed by atoms with E-state index >= 15 is 0 Å². The molecule has 0 aromatic carbocycles. The average molecular weight is 299 g/mol. The van der Waals surface area contributed by atoms with E-state index in [0.29, 0.717) is 25.9 Å². The Morgan fingerprint density at radius 3 is 2.81 bits per heavy atom. The Labute approximate surface area is 122 Å². The number of hydrogen-bond acceptors (Lipinski definition) is 4. The maximum atomic E-state index is 12.3. The van der Waals surface area contributed by atoms with Crippen LogP contribution in [-0.4, -0.2) is 66.3 Å². The van der Waals surface area contributed by atoms with Crippen molar-refractivity contribution in [3.8, 4) is 0 Å². The lowest BCUT2D eigenvalue weighted by Crippen LogP contribution is -2.55. The number of urea groups is 1. The number of ether oxygens (including phenoxy) is 1. The van der Waals surface area contributed by atoms with E-state index < -0.39 is 17.9 Å². The van der Waals surface area contributed by atoms with Gasteiger partial charge in [0.1, 0.15) is 5.92 Å². The van der Waals surface area contributed by atoms with Gasteiger partial charge in [0.05, 0.1) is 19.3 Å². The lowest BCUT2D eigenvalue weighted by atomic mass is 10.0. The molecule has 0 bridgehead atoms. The quantitative estimate of drug-likeness (QED) is 0.642. The molecule has 0 aromatic heterocycles. The van der Waals surface area contributed by atoms with E-state index in [0.717, 1.165) is 0 Å². The predicted molar refractivity (Wildman–Crippen MR) is 72.7 cm³/mol. The number of carbonyl (C=O) groups excluding carboxylic acids is 2. The van der Waals surface area contributed by atoms with Crippen LogP contribution >= 0.6 is 0 Å². The van der Waals surface area contributed by atoms with Crippen molar-refractivity contribution >= 4 is 17.9 Å². The van der Waals surface area contributed by atoms with Crippen LogP contribution in [0.3, 0.4) is 0 Å². The summed E-state index contributed by atoms with van der Waals surface area (Å²) >= 11 is 0. The van der Waals surface area contributed by atoms with Gasteiger partial charge >= 0.3 is 12.0 Å². The Morgan fingerprint density at radius 1 is 1.48 bits per heavy atom. The molecule has 3 atom stereocenters. The van der Waals surface area contributed by atoms with Crippen LogP contribution in [0.1, 0.15) is 19.8 Å². The molecule has 8 heteroatoms. The van der Waals surface area contributed by atoms with E-state index in [1.165, 1.54) is 4.90 Å². The fraction of sp³-hybridized carbons (Fsp3) is 0.769. The molecule has 0 aliphatic carbocycles. The third-order valence-electron chi connectivity index (χ3n) is 3.96. The Balaban J connectivity index is 1.95. The standard InChI is InChI=1S/C13H21N3O5/c1-2-16(10-7-21-6-9(10)12(18)19)13(20)15-8-3-4-11(17)14-5-8/h8-10H,2-7H2,1H3,(H,14,17)(H,15,20)(H,18,19). The number of hydrogen-bond donors (Lipinski definition) is 3. The van der Waals surface area contributed by atoms with Crippen LogP contribution in [0.25, 0.3) is 0 Å². The molecule has 0 spiro atoms. The van der Waals surface area contributed by atoms with Crippen molar-refractivity contribution in [2.24, 2.45) is 5.92 Å². The first-order chi connectivity index (χ1) is 10.0. The summed E-state index contributed by atoms with van der Waals surface area (Å²) in [6.07, 6.45) is 0.986. The van der Waals surface area contributed by atoms with E-state index in [9.17, 15) is 19.5 Å². The number of nitrogens with one attached hydrogen (secondary N) is 2. The van der Waals surface area contributed by atoms with Crippen LogP contribution in [0.2, 0.25) is 0 Å². The van der Waals surface area contributed by atoms with Crippen LogP contribution in [0.4, 0.5) is 4.79 Å². The predicted octanol–water partition coefficient (Wildman–Crippen LogP) is -0.604. The van der Waals surface area contributed by atoms with Crippen molar-refractivity contribution < 1.29 is 24.2 Å². The highest BCUT2D eigenvalue weighted by Crippen LogP contribution is 2.20. The van der Waals surface area contributed by atoms with Crippen molar-refractivity contribution in [2.45, 2.75) is 31.8 Å². The van der Waals surface area contributed by atoms with Crippen molar-refractivity contribution in [2.75, 3.05) is 26.3 Å². The molecule has 21 heavy (non-hydrogen) atoms. The highest BCUT2D eigenvalue weighted by Gasteiger charge is 2.39. The first-order valence-electron chi connectivity index (χ1n) is 7.17. The number of carboxylic acid groups (broad SMARTS) is 1. The summed E-state index contributed by atoms with van der Waals surface area (Å²) in [5.74, 6) is -1.65. The highest BCUT2D eigenvalue weighted by molar-refractivity contribution is 5.79. The number of aliphatic carboxylic acids is 1. The van der Waals surface area contributed by atoms with Crippen molar-refractivity contribution in [1.29, 1.82) is 0 Å². The Bertz CT molecular complexity index is 418. The minimum Gasteiger partial charge on any atom is -0.481 e. The van der Waals surface area contributed by atoms with Crippen LogP contribution in [0, 0.1) is 5.92 Å². The number of piperidine rings is 1. The van der Waals surface area contributed by atoms with Gasteiger partial charge in [0.2, 0.25) is 5.91 Å². The molecule has 2 heterocycles. The summed E-state index contributed by atoms with van der Waals surface area (Å²) in [7, 11) is 0. The lowest BCUT2D eigenvalue weighted by Gasteiger charge is -2.32. The number of carboxylic acids is 1. The van der Waals surface area contributed by atoms with Gasteiger partial charge in [-0.25, -0.2) is 4.79 Å². The third-order valence-corrected chi connectivity index (χ3v) is 3.96. The Hall–Kier alpha value is -1.83. The largest absolute Gasteiger partial charge is 0.481 e. The summed E-state index contributed by atoms with van der Waals surface area (Å²) < 4.78 is 5.21. The molecule has 118 valence electrons. The Kier molecular flexibility index (Phi) is 5.00. The molecule has 3 amide bonds. The van der Waals surface area contributed by atoms with Crippen LogP contribution in [0.5, 0.6) is 0 Å². The number of nitrogens with zero attached hydrogens (tertiary/aromatic N) is 1. The lowest BCUT2D eigenvalue weighted by molar-refractivity contribution is -0.142. The average Bonchev–Trinajstić information content (AvgIpc) is 2.91. The van der Waals surface area contributed by atoms with Crippen molar-refractivity contribution in [1.82, 2.24) is 15.5 Å². The molecule has 2 aliphatic rings. The molecule has 0 aromatic rings. The molecule has 3 N–H and O–H groups in total. The monoisotopic (exact) mass is 299 g/mol. The second kappa shape index (κ2) is 6.75. The molecular formula is C13H21N3O5. The van der Waals surface area contributed by atoms with E-state index in [2.05, 4.69) is 10.6 Å². The van der Waals surface area contributed by atoms with Crippen LogP contribution in [0.15, 0.2) is 0 Å². The van der Waals surface area contributed by atoms with E-state index in [1.54, 1.807) is 6.92 Å². The smallest absolute Gasteiger partial charge is 0.318 e. The third kappa shape index (κ3) is 3.63. The highest BCUT2D eigenvalue weighted by atomic mass is 16.5. The zero-order valence-electron chi connectivity index (χ0n) is 12.0. The zero-order valence-corrected chi connectivity index (χ0v) is 12.0. The molecule has 8 nitrogen and oxygen atoms in total. The van der Waals surface area contributed by atoms with Gasteiger partial charge in [-0.05, 0) is 13.3 Å². The van der Waals surface area contributed by atoms with E-state index in [-0.39, 0.29) is 31.2 Å². The minimum atomic E-state index is -0.950. The van der Waals surface area contributed by atoms with Gasteiger partial charge < -0.3 is 25.4 Å². The van der Waals surface area contributed by atoms with E-state index in [4.69, 9.17) is 4.74 Å². The molecule has 2 rings (SSSR count). The van der Waals surface area contributed by atoms with Gasteiger partial charge in [0.25, 0.3) is 0 Å². The van der Waals surface area contributed by atoms with E-state index in [1.807, 2.05) is 0 Å². The summed E-state index contributed by atoms with van der Waals surface area (Å²) in [6, 6.07) is -0.874. The topological polar surface area (TPSA) is 108 Å². The summed E-state index contributed by atoms with van der Waals surface area (Å²) in [6.45, 7) is 2.98. The maximum absolute atomic E-state index is 12.3. The van der Waals surface area contributed by atoms with Gasteiger partial charge in [-0.15, -0.1) is 0 Å². The summed E-state index contributed by atoms with van der Waals surface area (Å²) in [4.78, 5) is 36.1. The molecule has 2 fully saturated rings. The summed E-state index contributed by atoms with van der Waals surface area (Å²) in [5, 5.41) is 14.7. The number of rotatable bonds is 4. The normalized spacial score (nSPS) is 28.8. The minimum absolute atomic E-state index is 0.0111.